The van der Waals surface area contributed by atoms with Gasteiger partial charge < -0.3 is 14.6 Å². The fraction of sp³-hybridized carbons (Fsp3) is 0.571. The van der Waals surface area contributed by atoms with Crippen molar-refractivity contribution in [2.45, 2.75) is 57.8 Å². The highest BCUT2D eigenvalue weighted by atomic mass is 16.5. The highest BCUT2D eigenvalue weighted by Gasteiger charge is 2.49. The summed E-state index contributed by atoms with van der Waals surface area (Å²) in [6.45, 7) is 6.88. The normalized spacial score (nSPS) is 27.7. The molecule has 0 spiro atoms. The van der Waals surface area contributed by atoms with Gasteiger partial charge in [0.25, 0.3) is 0 Å². The molecule has 0 unspecified atom stereocenters. The lowest BCUT2D eigenvalue weighted by molar-refractivity contribution is -0.136. The van der Waals surface area contributed by atoms with Crippen molar-refractivity contribution in [2.75, 3.05) is 13.7 Å². The number of carbonyl (C=O) groups is 1. The first-order valence-corrected chi connectivity index (χ1v) is 9.20. The standard InChI is InChI=1S/C21H26O4/c1-11(2)18-17(22)9-16-13(19(18)24-4)5-6-15-14-10-25-20(23)12(14)7-8-21(15,16)3/h9,11,15,22H,5-8,10H2,1-4H3/t15-,21-/m0/s1. The fourth-order valence-electron chi connectivity index (χ4n) is 5.32. The SMILES string of the molecule is COc1c2c(cc(O)c1C(C)C)[C@@]1(C)CCC3=C(COC3=O)[C@@H]1CC2. The van der Waals surface area contributed by atoms with Crippen molar-refractivity contribution in [3.63, 3.8) is 0 Å². The van der Waals surface area contributed by atoms with Crippen LogP contribution in [0.2, 0.25) is 0 Å². The molecule has 1 heterocycles. The van der Waals surface area contributed by atoms with Gasteiger partial charge in [-0.2, -0.15) is 0 Å². The van der Waals surface area contributed by atoms with E-state index in [-0.39, 0.29) is 17.3 Å². The predicted molar refractivity (Wildman–Crippen MR) is 95.1 cm³/mol. The number of rotatable bonds is 2. The van der Waals surface area contributed by atoms with Gasteiger partial charge in [0.15, 0.2) is 0 Å². The molecule has 134 valence electrons. The van der Waals surface area contributed by atoms with Crippen molar-refractivity contribution in [2.24, 2.45) is 5.92 Å². The van der Waals surface area contributed by atoms with Crippen LogP contribution < -0.4 is 4.74 Å². The Morgan fingerprint density at radius 3 is 2.80 bits per heavy atom. The topological polar surface area (TPSA) is 55.8 Å². The van der Waals surface area contributed by atoms with Crippen molar-refractivity contribution < 1.29 is 19.4 Å². The molecule has 1 aromatic rings. The van der Waals surface area contributed by atoms with Gasteiger partial charge in [-0.15, -0.1) is 0 Å². The molecule has 0 aromatic heterocycles. The smallest absolute Gasteiger partial charge is 0.334 e. The second-order valence-corrected chi connectivity index (χ2v) is 8.11. The summed E-state index contributed by atoms with van der Waals surface area (Å²) in [5.41, 5.74) is 5.33. The minimum Gasteiger partial charge on any atom is -0.508 e. The number of cyclic esters (lactones) is 1. The predicted octanol–water partition coefficient (Wildman–Crippen LogP) is 3.99. The molecule has 3 aliphatic rings. The fourth-order valence-corrected chi connectivity index (χ4v) is 5.32. The van der Waals surface area contributed by atoms with Crippen molar-refractivity contribution in [3.8, 4) is 11.5 Å². The molecule has 0 radical (unpaired) electrons. The van der Waals surface area contributed by atoms with E-state index in [0.717, 1.165) is 42.6 Å². The second kappa shape index (κ2) is 5.52. The van der Waals surface area contributed by atoms with Gasteiger partial charge in [-0.1, -0.05) is 20.8 Å². The molecule has 4 rings (SSSR count). The molecule has 0 fully saturated rings. The highest BCUT2D eigenvalue weighted by molar-refractivity contribution is 5.92. The first-order valence-electron chi connectivity index (χ1n) is 9.20. The van der Waals surface area contributed by atoms with Gasteiger partial charge in [-0.3, -0.25) is 0 Å². The molecule has 4 nitrogen and oxygen atoms in total. The van der Waals surface area contributed by atoms with Gasteiger partial charge in [0.05, 0.1) is 7.11 Å². The van der Waals surface area contributed by atoms with Crippen LogP contribution >= 0.6 is 0 Å². The maximum atomic E-state index is 12.0. The van der Waals surface area contributed by atoms with E-state index >= 15 is 0 Å². The average molecular weight is 342 g/mol. The van der Waals surface area contributed by atoms with Gasteiger partial charge in [0.2, 0.25) is 0 Å². The number of carbonyl (C=O) groups excluding carboxylic acids is 1. The van der Waals surface area contributed by atoms with Crippen LogP contribution in [0.3, 0.4) is 0 Å². The second-order valence-electron chi connectivity index (χ2n) is 8.11. The summed E-state index contributed by atoms with van der Waals surface area (Å²) in [5.74, 6) is 1.56. The van der Waals surface area contributed by atoms with Crippen LogP contribution in [0.25, 0.3) is 0 Å². The number of phenolic OH excluding ortho intramolecular Hbond substituents is 1. The Labute approximate surface area is 148 Å². The first-order chi connectivity index (χ1) is 11.9. The Balaban J connectivity index is 1.89. The first kappa shape index (κ1) is 16.5. The van der Waals surface area contributed by atoms with E-state index in [0.29, 0.717) is 18.3 Å². The Bertz CT molecular complexity index is 790. The Hall–Kier alpha value is -1.97. The number of hydrogen-bond acceptors (Lipinski definition) is 4. The molecule has 1 N–H and O–H groups in total. The molecule has 0 saturated heterocycles. The number of benzene rings is 1. The number of fused-ring (bicyclic) bond motifs is 4. The van der Waals surface area contributed by atoms with E-state index in [4.69, 9.17) is 9.47 Å². The third-order valence-electron chi connectivity index (χ3n) is 6.56. The summed E-state index contributed by atoms with van der Waals surface area (Å²) in [4.78, 5) is 12.0. The van der Waals surface area contributed by atoms with Crippen molar-refractivity contribution in [1.82, 2.24) is 0 Å². The lowest BCUT2D eigenvalue weighted by Gasteiger charge is -2.47. The molecule has 2 atom stereocenters. The number of aromatic hydroxyl groups is 1. The van der Waals surface area contributed by atoms with E-state index in [1.165, 1.54) is 16.7 Å². The molecule has 1 aromatic carbocycles. The monoisotopic (exact) mass is 342 g/mol. The van der Waals surface area contributed by atoms with Crippen LogP contribution in [0.1, 0.15) is 62.6 Å². The largest absolute Gasteiger partial charge is 0.508 e. The van der Waals surface area contributed by atoms with Gasteiger partial charge in [-0.25, -0.2) is 4.79 Å². The third kappa shape index (κ3) is 2.16. The van der Waals surface area contributed by atoms with Crippen molar-refractivity contribution >= 4 is 5.97 Å². The molecule has 1 aliphatic heterocycles. The van der Waals surface area contributed by atoms with Crippen LogP contribution in [-0.4, -0.2) is 24.8 Å². The highest BCUT2D eigenvalue weighted by Crippen LogP contribution is 2.56. The van der Waals surface area contributed by atoms with Gasteiger partial charge in [-0.05, 0) is 60.3 Å². The van der Waals surface area contributed by atoms with Crippen LogP contribution in [0.4, 0.5) is 0 Å². The van der Waals surface area contributed by atoms with E-state index in [1.807, 2.05) is 6.07 Å². The Morgan fingerprint density at radius 2 is 2.12 bits per heavy atom. The zero-order valence-electron chi connectivity index (χ0n) is 15.4. The molecular formula is C21H26O4. The minimum absolute atomic E-state index is 0.0827. The minimum atomic E-state index is -0.126. The summed E-state index contributed by atoms with van der Waals surface area (Å²) < 4.78 is 11.1. The lowest BCUT2D eigenvalue weighted by atomic mass is 9.56. The van der Waals surface area contributed by atoms with Gasteiger partial charge in [0.1, 0.15) is 18.1 Å². The van der Waals surface area contributed by atoms with Crippen LogP contribution in [0.5, 0.6) is 11.5 Å². The third-order valence-corrected chi connectivity index (χ3v) is 6.56. The van der Waals surface area contributed by atoms with E-state index in [2.05, 4.69) is 20.8 Å². The van der Waals surface area contributed by atoms with Crippen molar-refractivity contribution in [1.29, 1.82) is 0 Å². The zero-order valence-corrected chi connectivity index (χ0v) is 15.4. The van der Waals surface area contributed by atoms with Crippen LogP contribution in [0.15, 0.2) is 17.2 Å². The molecule has 4 heteroatoms. The molecule has 25 heavy (non-hydrogen) atoms. The number of phenols is 1. The lowest BCUT2D eigenvalue weighted by Crippen LogP contribution is -2.41. The molecular weight excluding hydrogens is 316 g/mol. The summed E-state index contributed by atoms with van der Waals surface area (Å²) in [5, 5.41) is 10.7. The van der Waals surface area contributed by atoms with Gasteiger partial charge >= 0.3 is 5.97 Å². The number of esters is 1. The number of ether oxygens (including phenoxy) is 2. The van der Waals surface area contributed by atoms with Crippen molar-refractivity contribution in [3.05, 3.63) is 33.9 Å². The van der Waals surface area contributed by atoms with Gasteiger partial charge in [0, 0.05) is 16.6 Å². The van der Waals surface area contributed by atoms with E-state index < -0.39 is 0 Å². The summed E-state index contributed by atoms with van der Waals surface area (Å²) in [7, 11) is 1.69. The van der Waals surface area contributed by atoms with E-state index in [1.54, 1.807) is 7.11 Å². The Kier molecular flexibility index (Phi) is 3.64. The maximum Gasteiger partial charge on any atom is 0.334 e. The van der Waals surface area contributed by atoms with Crippen LogP contribution in [-0.2, 0) is 21.4 Å². The summed E-state index contributed by atoms with van der Waals surface area (Å²) in [6, 6.07) is 1.96. The summed E-state index contributed by atoms with van der Waals surface area (Å²) >= 11 is 0. The zero-order chi connectivity index (χ0) is 17.9. The number of methoxy groups -OCH3 is 1. The molecule has 0 saturated carbocycles. The molecule has 2 aliphatic carbocycles. The number of hydrogen-bond donors (Lipinski definition) is 1. The Morgan fingerprint density at radius 1 is 1.36 bits per heavy atom. The average Bonchev–Trinajstić information content (AvgIpc) is 2.94. The van der Waals surface area contributed by atoms with E-state index in [9.17, 15) is 9.90 Å². The summed E-state index contributed by atoms with van der Waals surface area (Å²) in [6.07, 6.45) is 3.57. The maximum absolute atomic E-state index is 12.0. The quantitative estimate of drug-likeness (QED) is 0.826. The molecule has 0 bridgehead atoms. The van der Waals surface area contributed by atoms with Crippen LogP contribution in [0, 0.1) is 5.92 Å². The molecule has 0 amide bonds.